The number of carbonyl (C=O) groups excluding carboxylic acids is 1. The molecule has 0 spiro atoms. The summed E-state index contributed by atoms with van der Waals surface area (Å²) in [5, 5.41) is 4.00. The average Bonchev–Trinajstić information content (AvgIpc) is 2.74. The van der Waals surface area contributed by atoms with Gasteiger partial charge in [-0.25, -0.2) is 8.42 Å². The van der Waals surface area contributed by atoms with Crippen molar-refractivity contribution in [1.82, 2.24) is 5.32 Å². The van der Waals surface area contributed by atoms with Crippen molar-refractivity contribution in [2.24, 2.45) is 0 Å². The molecule has 0 fully saturated rings. The van der Waals surface area contributed by atoms with E-state index < -0.39 is 22.5 Å². The Bertz CT molecular complexity index is 1200. The van der Waals surface area contributed by atoms with Gasteiger partial charge >= 0.3 is 0 Å². The van der Waals surface area contributed by atoms with E-state index in [0.717, 1.165) is 9.87 Å². The Morgan fingerprint density at radius 1 is 0.935 bits per heavy atom. The number of nitrogens with one attached hydrogen (secondary N) is 1. The van der Waals surface area contributed by atoms with Crippen LogP contribution in [0.4, 0.5) is 5.69 Å². The molecule has 0 saturated carbocycles. The fourth-order valence-corrected chi connectivity index (χ4v) is 4.90. The summed E-state index contributed by atoms with van der Waals surface area (Å²) in [5.74, 6) is -0.498. The number of amides is 1. The van der Waals surface area contributed by atoms with Crippen molar-refractivity contribution in [2.45, 2.75) is 18.4 Å². The van der Waals surface area contributed by atoms with Crippen LogP contribution in [-0.2, 0) is 21.4 Å². The molecule has 0 saturated heterocycles. The molecule has 0 bridgehead atoms. The minimum absolute atomic E-state index is 0.0697. The normalized spacial score (nSPS) is 11.2. The number of rotatable bonds is 7. The van der Waals surface area contributed by atoms with Gasteiger partial charge in [-0.15, -0.1) is 0 Å². The first kappa shape index (κ1) is 23.4. The van der Waals surface area contributed by atoms with E-state index in [1.165, 1.54) is 18.2 Å². The van der Waals surface area contributed by atoms with Gasteiger partial charge in [0.25, 0.3) is 10.0 Å². The number of carbonyl (C=O) groups is 1. The largest absolute Gasteiger partial charge is 0.350 e. The fraction of sp³-hybridized carbons (Fsp3) is 0.136. The Morgan fingerprint density at radius 3 is 2.29 bits per heavy atom. The smallest absolute Gasteiger partial charge is 0.264 e. The van der Waals surface area contributed by atoms with Crippen molar-refractivity contribution in [3.05, 3.63) is 92.9 Å². The highest BCUT2D eigenvalue weighted by Crippen LogP contribution is 2.28. The van der Waals surface area contributed by atoms with Gasteiger partial charge in [-0.1, -0.05) is 65.1 Å². The standard InChI is InChI=1S/C22H19Cl3N2O3S/c1-15-7-10-18(12-20(15)24)27(31(29,30)19-5-3-2-4-6-19)14-22(28)26-13-16-8-9-17(23)11-21(16)25/h2-12H,13-14H2,1H3,(H,26,28). The van der Waals surface area contributed by atoms with E-state index in [-0.39, 0.29) is 11.4 Å². The van der Waals surface area contributed by atoms with Crippen LogP contribution in [0.5, 0.6) is 0 Å². The zero-order valence-electron chi connectivity index (χ0n) is 16.5. The lowest BCUT2D eigenvalue weighted by atomic mass is 10.2. The highest BCUT2D eigenvalue weighted by Gasteiger charge is 2.27. The Hall–Kier alpha value is -2.25. The molecule has 0 heterocycles. The maximum absolute atomic E-state index is 13.3. The third-order valence-corrected chi connectivity index (χ3v) is 7.34. The fourth-order valence-electron chi connectivity index (χ4n) is 2.82. The summed E-state index contributed by atoms with van der Waals surface area (Å²) in [5.41, 5.74) is 1.75. The van der Waals surface area contributed by atoms with Gasteiger partial charge in [0, 0.05) is 21.6 Å². The molecular weight excluding hydrogens is 479 g/mol. The molecular formula is C22H19Cl3N2O3S. The molecule has 0 aliphatic rings. The molecule has 0 radical (unpaired) electrons. The number of hydrogen-bond donors (Lipinski definition) is 1. The van der Waals surface area contributed by atoms with E-state index in [2.05, 4.69) is 5.32 Å². The van der Waals surface area contributed by atoms with Crippen LogP contribution in [0.3, 0.4) is 0 Å². The molecule has 1 amide bonds. The quantitative estimate of drug-likeness (QED) is 0.471. The highest BCUT2D eigenvalue weighted by molar-refractivity contribution is 7.92. The van der Waals surface area contributed by atoms with Crippen LogP contribution in [0, 0.1) is 6.92 Å². The maximum Gasteiger partial charge on any atom is 0.264 e. The Morgan fingerprint density at radius 2 is 1.65 bits per heavy atom. The van der Waals surface area contributed by atoms with E-state index >= 15 is 0 Å². The predicted molar refractivity (Wildman–Crippen MR) is 125 cm³/mol. The second-order valence-electron chi connectivity index (χ2n) is 6.77. The first-order valence-corrected chi connectivity index (χ1v) is 11.8. The first-order valence-electron chi connectivity index (χ1n) is 9.23. The minimum atomic E-state index is -4.01. The second kappa shape index (κ2) is 9.92. The third kappa shape index (κ3) is 5.71. The molecule has 9 heteroatoms. The van der Waals surface area contributed by atoms with E-state index in [0.29, 0.717) is 26.3 Å². The summed E-state index contributed by atoms with van der Waals surface area (Å²) in [4.78, 5) is 12.8. The number of halogens is 3. The molecule has 0 unspecified atom stereocenters. The van der Waals surface area contributed by atoms with Crippen molar-refractivity contribution >= 4 is 56.4 Å². The monoisotopic (exact) mass is 496 g/mol. The molecule has 5 nitrogen and oxygen atoms in total. The molecule has 3 aromatic carbocycles. The molecule has 3 aromatic rings. The van der Waals surface area contributed by atoms with Gasteiger partial charge in [-0.2, -0.15) is 0 Å². The van der Waals surface area contributed by atoms with Gasteiger partial charge in [-0.05, 0) is 54.4 Å². The number of nitrogens with zero attached hydrogens (tertiary/aromatic N) is 1. The van der Waals surface area contributed by atoms with E-state index in [1.54, 1.807) is 48.5 Å². The average molecular weight is 498 g/mol. The number of anilines is 1. The summed E-state index contributed by atoms with van der Waals surface area (Å²) >= 11 is 18.2. The molecule has 162 valence electrons. The van der Waals surface area contributed by atoms with E-state index in [1.807, 2.05) is 6.92 Å². The van der Waals surface area contributed by atoms with Crippen molar-refractivity contribution in [1.29, 1.82) is 0 Å². The van der Waals surface area contributed by atoms with E-state index in [9.17, 15) is 13.2 Å². The molecule has 0 atom stereocenters. The summed E-state index contributed by atoms with van der Waals surface area (Å²) in [6.07, 6.45) is 0. The van der Waals surface area contributed by atoms with E-state index in [4.69, 9.17) is 34.8 Å². The zero-order valence-corrected chi connectivity index (χ0v) is 19.6. The van der Waals surface area contributed by atoms with Crippen LogP contribution >= 0.6 is 34.8 Å². The summed E-state index contributed by atoms with van der Waals surface area (Å²) in [6.45, 7) is 1.51. The summed E-state index contributed by atoms with van der Waals surface area (Å²) in [7, 11) is -4.01. The second-order valence-corrected chi connectivity index (χ2v) is 9.88. The van der Waals surface area contributed by atoms with Crippen LogP contribution in [0.2, 0.25) is 15.1 Å². The van der Waals surface area contributed by atoms with Crippen molar-refractivity contribution in [2.75, 3.05) is 10.8 Å². The van der Waals surface area contributed by atoms with Gasteiger partial charge < -0.3 is 5.32 Å². The van der Waals surface area contributed by atoms with Crippen molar-refractivity contribution in [3.63, 3.8) is 0 Å². The van der Waals surface area contributed by atoms with Crippen molar-refractivity contribution < 1.29 is 13.2 Å². The molecule has 0 aliphatic heterocycles. The van der Waals surface area contributed by atoms with Gasteiger partial charge in [0.05, 0.1) is 10.6 Å². The Kier molecular flexibility index (Phi) is 7.49. The van der Waals surface area contributed by atoms with Gasteiger partial charge in [0.15, 0.2) is 0 Å². The van der Waals surface area contributed by atoms with Crippen LogP contribution in [0.15, 0.2) is 71.6 Å². The van der Waals surface area contributed by atoms with Crippen LogP contribution < -0.4 is 9.62 Å². The lowest BCUT2D eigenvalue weighted by Crippen LogP contribution is -2.40. The number of hydrogen-bond acceptors (Lipinski definition) is 3. The topological polar surface area (TPSA) is 66.5 Å². The van der Waals surface area contributed by atoms with Gasteiger partial charge in [-0.3, -0.25) is 9.10 Å². The highest BCUT2D eigenvalue weighted by atomic mass is 35.5. The van der Waals surface area contributed by atoms with Crippen LogP contribution in [0.25, 0.3) is 0 Å². The Labute approximate surface area is 196 Å². The molecule has 1 N–H and O–H groups in total. The molecule has 3 rings (SSSR count). The third-order valence-electron chi connectivity index (χ3n) is 4.55. The maximum atomic E-state index is 13.3. The Balaban J connectivity index is 1.87. The predicted octanol–water partition coefficient (Wildman–Crippen LogP) is 5.47. The zero-order chi connectivity index (χ0) is 22.6. The van der Waals surface area contributed by atoms with Crippen molar-refractivity contribution in [3.8, 4) is 0 Å². The number of aryl methyl sites for hydroxylation is 1. The first-order chi connectivity index (χ1) is 14.7. The number of sulfonamides is 1. The molecule has 31 heavy (non-hydrogen) atoms. The lowest BCUT2D eigenvalue weighted by molar-refractivity contribution is -0.119. The summed E-state index contributed by atoms with van der Waals surface area (Å²) < 4.78 is 27.6. The van der Waals surface area contributed by atoms with Crippen LogP contribution in [-0.4, -0.2) is 20.9 Å². The summed E-state index contributed by atoms with van der Waals surface area (Å²) in [6, 6.07) is 17.7. The minimum Gasteiger partial charge on any atom is -0.350 e. The molecule has 0 aromatic heterocycles. The lowest BCUT2D eigenvalue weighted by Gasteiger charge is -2.24. The number of benzene rings is 3. The SMILES string of the molecule is Cc1ccc(N(CC(=O)NCc2ccc(Cl)cc2Cl)S(=O)(=O)c2ccccc2)cc1Cl. The van der Waals surface area contributed by atoms with Gasteiger partial charge in [0.2, 0.25) is 5.91 Å². The van der Waals surface area contributed by atoms with Crippen LogP contribution in [0.1, 0.15) is 11.1 Å². The van der Waals surface area contributed by atoms with Gasteiger partial charge in [0.1, 0.15) is 6.54 Å². The molecule has 0 aliphatic carbocycles.